The molecular weight excluding hydrogens is 420 g/mol. The van der Waals surface area contributed by atoms with E-state index in [0.717, 1.165) is 11.1 Å². The second kappa shape index (κ2) is 10.5. The fourth-order valence-electron chi connectivity index (χ4n) is 4.12. The molecule has 0 saturated heterocycles. The fourth-order valence-corrected chi connectivity index (χ4v) is 4.12. The van der Waals surface area contributed by atoms with Gasteiger partial charge in [-0.25, -0.2) is 4.79 Å². The maximum absolute atomic E-state index is 12.5. The first kappa shape index (κ1) is 24.3. The molecule has 0 aliphatic heterocycles. The number of nitrogens with one attached hydrogen (secondary N) is 2. The lowest BCUT2D eigenvalue weighted by atomic mass is 9.88. The van der Waals surface area contributed by atoms with Crippen LogP contribution in [0.25, 0.3) is 11.1 Å². The monoisotopic (exact) mass is 452 g/mol. The number of carboxylic acids is 1. The van der Waals surface area contributed by atoms with Gasteiger partial charge >= 0.3 is 12.1 Å². The molecule has 1 atom stereocenters. The van der Waals surface area contributed by atoms with Crippen LogP contribution >= 0.6 is 0 Å². The molecule has 0 saturated carbocycles. The van der Waals surface area contributed by atoms with Crippen LogP contribution in [0.1, 0.15) is 50.7 Å². The Kier molecular flexibility index (Phi) is 7.74. The summed E-state index contributed by atoms with van der Waals surface area (Å²) in [4.78, 5) is 35.5. The topological polar surface area (TPSA) is 105 Å². The summed E-state index contributed by atoms with van der Waals surface area (Å²) in [7, 11) is 0. The summed E-state index contributed by atoms with van der Waals surface area (Å²) in [6, 6.07) is 16.3. The Balaban J connectivity index is 1.45. The number of hydrogen-bond acceptors (Lipinski definition) is 4. The van der Waals surface area contributed by atoms with Crippen LogP contribution in [0.4, 0.5) is 4.79 Å². The molecule has 2 aromatic rings. The van der Waals surface area contributed by atoms with Gasteiger partial charge in [0.1, 0.15) is 6.61 Å². The van der Waals surface area contributed by atoms with Crippen molar-refractivity contribution in [2.75, 3.05) is 19.7 Å². The highest BCUT2D eigenvalue weighted by Crippen LogP contribution is 2.44. The van der Waals surface area contributed by atoms with E-state index in [1.807, 2.05) is 24.3 Å². The first-order valence-corrected chi connectivity index (χ1v) is 11.3. The average molecular weight is 453 g/mol. The van der Waals surface area contributed by atoms with Crippen molar-refractivity contribution in [1.29, 1.82) is 0 Å². The van der Waals surface area contributed by atoms with E-state index in [9.17, 15) is 14.4 Å². The van der Waals surface area contributed by atoms with Gasteiger partial charge in [-0.3, -0.25) is 9.59 Å². The molecule has 0 aromatic heterocycles. The van der Waals surface area contributed by atoms with E-state index in [-0.39, 0.29) is 30.8 Å². The molecule has 0 radical (unpaired) electrons. The molecule has 1 aliphatic carbocycles. The van der Waals surface area contributed by atoms with E-state index in [0.29, 0.717) is 19.5 Å². The molecule has 0 spiro atoms. The van der Waals surface area contributed by atoms with Crippen LogP contribution in [-0.4, -0.2) is 42.8 Å². The van der Waals surface area contributed by atoms with Crippen molar-refractivity contribution in [1.82, 2.24) is 10.6 Å². The number of ether oxygens (including phenoxy) is 1. The van der Waals surface area contributed by atoms with Gasteiger partial charge in [0.05, 0.1) is 0 Å². The lowest BCUT2D eigenvalue weighted by Gasteiger charge is -2.24. The molecule has 0 heterocycles. The third kappa shape index (κ3) is 6.12. The standard InChI is InChI=1S/C26H32N2O5/c1-17(14-23(29)30)15-28-24(31)26(2,3)12-13-27-25(32)33-16-22-20-10-6-4-8-18(20)19-9-5-7-11-21(19)22/h4-11,17,22H,12-16H2,1-3H3,(H,27,32)(H,28,31)(H,29,30). The van der Waals surface area contributed by atoms with E-state index >= 15 is 0 Å². The molecule has 33 heavy (non-hydrogen) atoms. The van der Waals surface area contributed by atoms with Gasteiger partial charge in [0.15, 0.2) is 0 Å². The Hall–Kier alpha value is -3.35. The van der Waals surface area contributed by atoms with Crippen LogP contribution < -0.4 is 10.6 Å². The van der Waals surface area contributed by atoms with Gasteiger partial charge in [0, 0.05) is 30.8 Å². The minimum absolute atomic E-state index is 0.00170. The van der Waals surface area contributed by atoms with Crippen molar-refractivity contribution < 1.29 is 24.2 Å². The van der Waals surface area contributed by atoms with Crippen molar-refractivity contribution in [3.05, 3.63) is 59.7 Å². The Bertz CT molecular complexity index is 972. The first-order chi connectivity index (χ1) is 15.7. The lowest BCUT2D eigenvalue weighted by Crippen LogP contribution is -2.41. The van der Waals surface area contributed by atoms with E-state index in [1.54, 1.807) is 20.8 Å². The van der Waals surface area contributed by atoms with Crippen LogP contribution in [0.2, 0.25) is 0 Å². The van der Waals surface area contributed by atoms with E-state index in [1.165, 1.54) is 11.1 Å². The largest absolute Gasteiger partial charge is 0.481 e. The third-order valence-corrected chi connectivity index (χ3v) is 6.11. The SMILES string of the molecule is CC(CNC(=O)C(C)(C)CCNC(=O)OCC1c2ccccc2-c2ccccc21)CC(=O)O. The van der Waals surface area contributed by atoms with Gasteiger partial charge in [-0.05, 0) is 34.6 Å². The lowest BCUT2D eigenvalue weighted by molar-refractivity contribution is -0.138. The number of rotatable bonds is 10. The van der Waals surface area contributed by atoms with Crippen molar-refractivity contribution >= 4 is 18.0 Å². The van der Waals surface area contributed by atoms with Gasteiger partial charge in [-0.2, -0.15) is 0 Å². The van der Waals surface area contributed by atoms with Gasteiger partial charge in [-0.1, -0.05) is 69.3 Å². The van der Waals surface area contributed by atoms with Crippen molar-refractivity contribution in [3.63, 3.8) is 0 Å². The van der Waals surface area contributed by atoms with Gasteiger partial charge in [-0.15, -0.1) is 0 Å². The number of alkyl carbamates (subject to hydrolysis) is 1. The average Bonchev–Trinajstić information content (AvgIpc) is 3.09. The Morgan fingerprint density at radius 2 is 1.58 bits per heavy atom. The zero-order chi connectivity index (χ0) is 24.0. The molecule has 7 heteroatoms. The van der Waals surface area contributed by atoms with E-state index in [2.05, 4.69) is 34.9 Å². The number of hydrogen-bond donors (Lipinski definition) is 3. The minimum atomic E-state index is -0.886. The summed E-state index contributed by atoms with van der Waals surface area (Å²) in [5.41, 5.74) is 3.95. The number of benzene rings is 2. The summed E-state index contributed by atoms with van der Waals surface area (Å²) in [5.74, 6) is -1.21. The molecule has 1 aliphatic rings. The van der Waals surface area contributed by atoms with Crippen molar-refractivity contribution in [3.8, 4) is 11.1 Å². The first-order valence-electron chi connectivity index (χ1n) is 11.3. The maximum atomic E-state index is 12.5. The summed E-state index contributed by atoms with van der Waals surface area (Å²) in [5, 5.41) is 14.4. The van der Waals surface area contributed by atoms with Gasteiger partial charge in [0.2, 0.25) is 5.91 Å². The van der Waals surface area contributed by atoms with E-state index < -0.39 is 17.5 Å². The number of aliphatic carboxylic acids is 1. The van der Waals surface area contributed by atoms with Gasteiger partial charge < -0.3 is 20.5 Å². The van der Waals surface area contributed by atoms with Crippen LogP contribution in [0.15, 0.2) is 48.5 Å². The quantitative estimate of drug-likeness (QED) is 0.502. The predicted octanol–water partition coefficient (Wildman–Crippen LogP) is 4.17. The number of fused-ring (bicyclic) bond motifs is 3. The number of carbonyl (C=O) groups is 3. The molecule has 176 valence electrons. The molecule has 1 unspecified atom stereocenters. The number of amides is 2. The Morgan fingerprint density at radius 3 is 2.15 bits per heavy atom. The molecule has 2 amide bonds. The predicted molar refractivity (Wildman–Crippen MR) is 126 cm³/mol. The highest BCUT2D eigenvalue weighted by Gasteiger charge is 2.30. The minimum Gasteiger partial charge on any atom is -0.481 e. The highest BCUT2D eigenvalue weighted by atomic mass is 16.5. The number of carbonyl (C=O) groups excluding carboxylic acids is 2. The summed E-state index contributed by atoms with van der Waals surface area (Å²) >= 11 is 0. The third-order valence-electron chi connectivity index (χ3n) is 6.11. The number of carboxylic acid groups (broad SMARTS) is 1. The Labute approximate surface area is 194 Å². The molecule has 0 bridgehead atoms. The fraction of sp³-hybridized carbons (Fsp3) is 0.423. The summed E-state index contributed by atoms with van der Waals surface area (Å²) < 4.78 is 5.52. The second-order valence-electron chi connectivity index (χ2n) is 9.30. The molecular formula is C26H32N2O5. The molecule has 0 fully saturated rings. The van der Waals surface area contributed by atoms with Crippen molar-refractivity contribution in [2.24, 2.45) is 11.3 Å². The molecule has 2 aromatic carbocycles. The Morgan fingerprint density at radius 1 is 1.00 bits per heavy atom. The van der Waals surface area contributed by atoms with Crippen LogP contribution in [0.3, 0.4) is 0 Å². The molecule has 3 rings (SSSR count). The smallest absolute Gasteiger partial charge is 0.407 e. The summed E-state index contributed by atoms with van der Waals surface area (Å²) in [6.45, 7) is 6.20. The van der Waals surface area contributed by atoms with Crippen molar-refractivity contribution in [2.45, 2.75) is 39.5 Å². The van der Waals surface area contributed by atoms with Crippen LogP contribution in [0.5, 0.6) is 0 Å². The highest BCUT2D eigenvalue weighted by molar-refractivity contribution is 5.82. The zero-order valence-corrected chi connectivity index (χ0v) is 19.4. The summed E-state index contributed by atoms with van der Waals surface area (Å²) in [6.07, 6.45) is -0.0800. The second-order valence-corrected chi connectivity index (χ2v) is 9.30. The van der Waals surface area contributed by atoms with Gasteiger partial charge in [0.25, 0.3) is 0 Å². The van der Waals surface area contributed by atoms with Crippen LogP contribution in [-0.2, 0) is 14.3 Å². The zero-order valence-electron chi connectivity index (χ0n) is 19.4. The normalized spacial score (nSPS) is 13.5. The van der Waals surface area contributed by atoms with Crippen LogP contribution in [0, 0.1) is 11.3 Å². The van der Waals surface area contributed by atoms with E-state index in [4.69, 9.17) is 9.84 Å². The maximum Gasteiger partial charge on any atom is 0.407 e. The molecule has 7 nitrogen and oxygen atoms in total. The molecule has 3 N–H and O–H groups in total.